The van der Waals surface area contributed by atoms with Gasteiger partial charge in [-0.15, -0.1) is 0 Å². The van der Waals surface area contributed by atoms with Crippen LogP contribution in [0.25, 0.3) is 0 Å². The second-order valence-corrected chi connectivity index (χ2v) is 12.7. The van der Waals surface area contributed by atoms with Crippen molar-refractivity contribution in [3.05, 3.63) is 35.4 Å². The molecule has 194 valence electrons. The number of nitrogens with zero attached hydrogens (tertiary/aromatic N) is 2. The lowest BCUT2D eigenvalue weighted by molar-refractivity contribution is -0.125. The summed E-state index contributed by atoms with van der Waals surface area (Å²) in [5.41, 5.74) is 4.26. The van der Waals surface area contributed by atoms with Crippen molar-refractivity contribution in [2.45, 2.75) is 77.3 Å². The monoisotopic (exact) mass is 504 g/mol. The number of hydroxylamine groups is 1. The molecule has 1 saturated heterocycles. The van der Waals surface area contributed by atoms with Gasteiger partial charge in [0.25, 0.3) is 5.91 Å². The van der Waals surface area contributed by atoms with Gasteiger partial charge in [-0.25, -0.2) is 12.7 Å². The van der Waals surface area contributed by atoms with Gasteiger partial charge in [0.15, 0.2) is 0 Å². The van der Waals surface area contributed by atoms with Crippen LogP contribution in [0.1, 0.15) is 69.9 Å². The molecule has 1 spiro atoms. The fourth-order valence-corrected chi connectivity index (χ4v) is 6.63. The third-order valence-corrected chi connectivity index (χ3v) is 9.27. The number of hydrogen-bond donors (Lipinski definition) is 2. The summed E-state index contributed by atoms with van der Waals surface area (Å²) in [4.78, 5) is 23.1. The van der Waals surface area contributed by atoms with Crippen LogP contribution in [0.5, 0.6) is 0 Å². The van der Waals surface area contributed by atoms with Crippen molar-refractivity contribution in [2.75, 3.05) is 25.4 Å². The standard InChI is InChI=1S/C26H40N4O4S/c1-20(2)19-34-27-18-22-10-8-21(9-11-22)12-17-35(32,33)30-15-13-26(14-16-30)25(31)28-24(29-26)23-6-4-3-5-7-23/h8-11,20,23,27H,3-7,12-19H2,1-2H3,(H,28,29,31). The lowest BCUT2D eigenvalue weighted by atomic mass is 9.88. The van der Waals surface area contributed by atoms with E-state index in [1.165, 1.54) is 19.3 Å². The summed E-state index contributed by atoms with van der Waals surface area (Å²) < 4.78 is 27.6. The highest BCUT2D eigenvalue weighted by atomic mass is 32.2. The van der Waals surface area contributed by atoms with Crippen LogP contribution in [-0.4, -0.2) is 55.5 Å². The molecule has 1 aliphatic carbocycles. The molecule has 2 fully saturated rings. The highest BCUT2D eigenvalue weighted by Crippen LogP contribution is 2.34. The van der Waals surface area contributed by atoms with E-state index in [2.05, 4.69) is 24.6 Å². The first-order chi connectivity index (χ1) is 16.8. The summed E-state index contributed by atoms with van der Waals surface area (Å²) in [5.74, 6) is 1.69. The van der Waals surface area contributed by atoms with Crippen molar-refractivity contribution in [3.8, 4) is 0 Å². The SMILES string of the molecule is CC(C)CONCc1ccc(CCS(=O)(=O)N2CCC3(CC2)N=C(C2CCCCC2)NC3=O)cc1. The predicted molar refractivity (Wildman–Crippen MR) is 137 cm³/mol. The number of amidine groups is 1. The van der Waals surface area contributed by atoms with Crippen molar-refractivity contribution in [1.82, 2.24) is 15.1 Å². The molecule has 2 heterocycles. The van der Waals surface area contributed by atoms with Gasteiger partial charge in [-0.1, -0.05) is 57.4 Å². The zero-order valence-electron chi connectivity index (χ0n) is 21.1. The third-order valence-electron chi connectivity index (χ3n) is 7.40. The number of aryl methyl sites for hydroxylation is 1. The van der Waals surface area contributed by atoms with Gasteiger partial charge in [-0.05, 0) is 49.1 Å². The zero-order chi connectivity index (χ0) is 24.9. The van der Waals surface area contributed by atoms with E-state index in [-0.39, 0.29) is 11.7 Å². The number of aliphatic imine (C=N–C) groups is 1. The van der Waals surface area contributed by atoms with E-state index in [0.717, 1.165) is 29.8 Å². The Labute approximate surface area is 209 Å². The smallest absolute Gasteiger partial charge is 0.253 e. The molecule has 8 nitrogen and oxygen atoms in total. The van der Waals surface area contributed by atoms with Gasteiger partial charge in [0.05, 0.1) is 12.4 Å². The Balaban J connectivity index is 1.26. The molecule has 0 bridgehead atoms. The summed E-state index contributed by atoms with van der Waals surface area (Å²) in [6.45, 7) is 6.15. The van der Waals surface area contributed by atoms with Crippen LogP contribution >= 0.6 is 0 Å². The van der Waals surface area contributed by atoms with Crippen LogP contribution in [0.15, 0.2) is 29.3 Å². The van der Waals surface area contributed by atoms with Crippen molar-refractivity contribution in [2.24, 2.45) is 16.8 Å². The van der Waals surface area contributed by atoms with E-state index in [1.807, 2.05) is 24.3 Å². The number of carbonyl (C=O) groups excluding carboxylic acids is 1. The maximum atomic E-state index is 13.0. The maximum Gasteiger partial charge on any atom is 0.253 e. The molecule has 1 saturated carbocycles. The minimum atomic E-state index is -3.39. The van der Waals surface area contributed by atoms with Crippen LogP contribution in [-0.2, 0) is 32.6 Å². The van der Waals surface area contributed by atoms with Gasteiger partial charge in [0.1, 0.15) is 11.4 Å². The van der Waals surface area contributed by atoms with Gasteiger partial charge in [0.2, 0.25) is 10.0 Å². The Bertz CT molecular complexity index is 993. The molecule has 0 unspecified atom stereocenters. The van der Waals surface area contributed by atoms with E-state index in [0.29, 0.717) is 57.3 Å². The molecule has 2 aliphatic heterocycles. The maximum absolute atomic E-state index is 13.0. The van der Waals surface area contributed by atoms with Crippen LogP contribution in [0.3, 0.4) is 0 Å². The molecule has 4 rings (SSSR count). The Morgan fingerprint density at radius 3 is 2.43 bits per heavy atom. The molecule has 1 amide bonds. The van der Waals surface area contributed by atoms with Crippen LogP contribution < -0.4 is 10.8 Å². The predicted octanol–water partition coefficient (Wildman–Crippen LogP) is 3.18. The van der Waals surface area contributed by atoms with Crippen molar-refractivity contribution >= 4 is 21.8 Å². The lowest BCUT2D eigenvalue weighted by Crippen LogP contribution is -2.51. The topological polar surface area (TPSA) is 100 Å². The molecular formula is C26H40N4O4S. The fourth-order valence-electron chi connectivity index (χ4n) is 5.14. The van der Waals surface area contributed by atoms with E-state index in [4.69, 9.17) is 9.83 Å². The normalized spacial score (nSPS) is 21.5. The first kappa shape index (κ1) is 26.3. The quantitative estimate of drug-likeness (QED) is 0.377. The molecule has 0 atom stereocenters. The second kappa shape index (κ2) is 11.5. The van der Waals surface area contributed by atoms with Crippen LogP contribution in [0, 0.1) is 11.8 Å². The van der Waals surface area contributed by atoms with Crippen molar-refractivity contribution in [1.29, 1.82) is 0 Å². The minimum Gasteiger partial charge on any atom is -0.312 e. The fraction of sp³-hybridized carbons (Fsp3) is 0.692. The Morgan fingerprint density at radius 2 is 1.77 bits per heavy atom. The minimum absolute atomic E-state index is 0.0423. The largest absolute Gasteiger partial charge is 0.312 e. The van der Waals surface area contributed by atoms with Gasteiger partial charge in [0, 0.05) is 25.6 Å². The van der Waals surface area contributed by atoms with Gasteiger partial charge in [-0.2, -0.15) is 5.48 Å². The van der Waals surface area contributed by atoms with E-state index in [9.17, 15) is 13.2 Å². The second-order valence-electron chi connectivity index (χ2n) is 10.6. The summed E-state index contributed by atoms with van der Waals surface area (Å²) in [6.07, 6.45) is 7.16. The van der Waals surface area contributed by atoms with Crippen LogP contribution in [0.2, 0.25) is 0 Å². The van der Waals surface area contributed by atoms with Crippen molar-refractivity contribution < 1.29 is 18.0 Å². The van der Waals surface area contributed by atoms with E-state index in [1.54, 1.807) is 4.31 Å². The number of rotatable bonds is 10. The highest BCUT2D eigenvalue weighted by Gasteiger charge is 2.48. The number of hydrogen-bond acceptors (Lipinski definition) is 6. The first-order valence-electron chi connectivity index (χ1n) is 13.1. The van der Waals surface area contributed by atoms with Gasteiger partial charge in [-0.3, -0.25) is 9.79 Å². The lowest BCUT2D eigenvalue weighted by Gasteiger charge is -2.34. The molecule has 2 N–H and O–H groups in total. The zero-order valence-corrected chi connectivity index (χ0v) is 21.9. The highest BCUT2D eigenvalue weighted by molar-refractivity contribution is 7.89. The molecule has 1 aromatic carbocycles. The summed E-state index contributed by atoms with van der Waals surface area (Å²) >= 11 is 0. The number of benzene rings is 1. The van der Waals surface area contributed by atoms with E-state index >= 15 is 0 Å². The molecule has 9 heteroatoms. The summed E-state index contributed by atoms with van der Waals surface area (Å²) in [6, 6.07) is 7.95. The molecule has 35 heavy (non-hydrogen) atoms. The number of nitrogens with one attached hydrogen (secondary N) is 2. The summed E-state index contributed by atoms with van der Waals surface area (Å²) in [7, 11) is -3.39. The molecular weight excluding hydrogens is 464 g/mol. The number of piperidine rings is 1. The molecule has 1 aromatic rings. The Morgan fingerprint density at radius 1 is 1.11 bits per heavy atom. The number of sulfonamides is 1. The Hall–Kier alpha value is -1.81. The van der Waals surface area contributed by atoms with Gasteiger partial charge >= 0.3 is 0 Å². The average Bonchev–Trinajstić information content (AvgIpc) is 3.17. The molecule has 3 aliphatic rings. The summed E-state index contributed by atoms with van der Waals surface area (Å²) in [5, 5.41) is 3.04. The van der Waals surface area contributed by atoms with Crippen molar-refractivity contribution in [3.63, 3.8) is 0 Å². The Kier molecular flexibility index (Phi) is 8.63. The number of amides is 1. The van der Waals surface area contributed by atoms with Crippen LogP contribution in [0.4, 0.5) is 0 Å². The first-order valence-corrected chi connectivity index (χ1v) is 14.7. The average molecular weight is 505 g/mol. The molecule has 0 radical (unpaired) electrons. The van der Waals surface area contributed by atoms with Gasteiger partial charge < -0.3 is 10.2 Å². The number of carbonyl (C=O) groups is 1. The molecule has 0 aromatic heterocycles. The van der Waals surface area contributed by atoms with E-state index < -0.39 is 15.6 Å². The third kappa shape index (κ3) is 6.70.